The van der Waals surface area contributed by atoms with Crippen LogP contribution < -0.4 is 5.32 Å². The van der Waals surface area contributed by atoms with Gasteiger partial charge >= 0.3 is 0 Å². The Morgan fingerprint density at radius 1 is 1.28 bits per heavy atom. The van der Waals surface area contributed by atoms with Gasteiger partial charge in [-0.2, -0.15) is 0 Å². The Labute approximate surface area is 104 Å². The minimum Gasteiger partial charge on any atom is -0.504 e. The third kappa shape index (κ3) is 2.29. The number of nitrogens with one attached hydrogen (secondary N) is 1. The number of furan rings is 1. The number of para-hydroxylation sites is 1. The number of amides is 1. The number of hydrogen-bond acceptors (Lipinski definition) is 4. The number of carbonyl (C=O) groups is 1. The van der Waals surface area contributed by atoms with Gasteiger partial charge < -0.3 is 19.9 Å². The van der Waals surface area contributed by atoms with E-state index in [9.17, 15) is 15.0 Å². The van der Waals surface area contributed by atoms with E-state index in [1.165, 1.54) is 24.5 Å². The maximum atomic E-state index is 11.9. The molecule has 2 aromatic rings. The van der Waals surface area contributed by atoms with E-state index in [1.54, 1.807) is 19.1 Å². The lowest BCUT2D eigenvalue weighted by atomic mass is 10.1. The fraction of sp³-hybridized carbons (Fsp3) is 0.154. The third-order valence-electron chi connectivity index (χ3n) is 2.58. The van der Waals surface area contributed by atoms with Crippen molar-refractivity contribution in [2.24, 2.45) is 0 Å². The molecule has 3 N–H and O–H groups in total. The minimum atomic E-state index is -0.479. The van der Waals surface area contributed by atoms with Gasteiger partial charge in [0.15, 0.2) is 11.5 Å². The summed E-state index contributed by atoms with van der Waals surface area (Å²) in [6.45, 7) is 1.76. The summed E-state index contributed by atoms with van der Waals surface area (Å²) >= 11 is 0. The second-order valence-electron chi connectivity index (χ2n) is 3.88. The van der Waals surface area contributed by atoms with Crippen LogP contribution in [0.2, 0.25) is 0 Å². The van der Waals surface area contributed by atoms with Gasteiger partial charge in [-0.3, -0.25) is 4.79 Å². The predicted molar refractivity (Wildman–Crippen MR) is 64.4 cm³/mol. The van der Waals surface area contributed by atoms with Crippen molar-refractivity contribution in [3.63, 3.8) is 0 Å². The summed E-state index contributed by atoms with van der Waals surface area (Å²) in [4.78, 5) is 11.9. The molecule has 1 atom stereocenters. The first kappa shape index (κ1) is 12.0. The lowest BCUT2D eigenvalue weighted by molar-refractivity contribution is 0.0932. The number of phenols is 2. The molecule has 0 radical (unpaired) electrons. The summed E-state index contributed by atoms with van der Waals surface area (Å²) in [5.74, 6) is -0.620. The van der Waals surface area contributed by atoms with Crippen LogP contribution in [0.5, 0.6) is 11.5 Å². The Morgan fingerprint density at radius 2 is 2.06 bits per heavy atom. The van der Waals surface area contributed by atoms with Crippen molar-refractivity contribution >= 4 is 5.91 Å². The van der Waals surface area contributed by atoms with E-state index in [4.69, 9.17) is 4.42 Å². The smallest absolute Gasteiger partial charge is 0.255 e. The number of hydrogen-bond donors (Lipinski definition) is 3. The molecule has 0 saturated carbocycles. The molecule has 5 heteroatoms. The Morgan fingerprint density at radius 3 is 2.72 bits per heavy atom. The zero-order valence-electron chi connectivity index (χ0n) is 9.75. The molecule has 5 nitrogen and oxygen atoms in total. The number of carbonyl (C=O) groups excluding carboxylic acids is 1. The Bertz CT molecular complexity index is 548. The maximum absolute atomic E-state index is 11.9. The van der Waals surface area contributed by atoms with E-state index in [1.807, 2.05) is 0 Å². The minimum absolute atomic E-state index is 0.0217. The Balaban J connectivity index is 2.15. The van der Waals surface area contributed by atoms with Crippen LogP contribution in [0.3, 0.4) is 0 Å². The summed E-state index contributed by atoms with van der Waals surface area (Å²) in [5, 5.41) is 21.6. The lowest BCUT2D eigenvalue weighted by Crippen LogP contribution is -2.26. The van der Waals surface area contributed by atoms with E-state index in [0.717, 1.165) is 0 Å². The first-order chi connectivity index (χ1) is 8.59. The van der Waals surface area contributed by atoms with Crippen LogP contribution in [0.15, 0.2) is 41.0 Å². The molecule has 0 bridgehead atoms. The monoisotopic (exact) mass is 247 g/mol. The van der Waals surface area contributed by atoms with Crippen LogP contribution in [-0.2, 0) is 0 Å². The van der Waals surface area contributed by atoms with Crippen molar-refractivity contribution < 1.29 is 19.4 Å². The molecular formula is C13H13NO4. The molecule has 94 valence electrons. The number of aromatic hydroxyl groups is 2. The highest BCUT2D eigenvalue weighted by Gasteiger charge is 2.17. The van der Waals surface area contributed by atoms with Crippen molar-refractivity contribution in [1.29, 1.82) is 0 Å². The van der Waals surface area contributed by atoms with Gasteiger partial charge in [0, 0.05) is 0 Å². The van der Waals surface area contributed by atoms with Gasteiger partial charge in [0.1, 0.15) is 5.76 Å². The summed E-state index contributed by atoms with van der Waals surface area (Å²) in [6, 6.07) is 7.37. The quantitative estimate of drug-likeness (QED) is 0.726. The SMILES string of the molecule is CC(NC(=O)c1cccc(O)c1O)c1ccco1. The highest BCUT2D eigenvalue weighted by Crippen LogP contribution is 2.28. The fourth-order valence-electron chi connectivity index (χ4n) is 1.60. The molecule has 1 heterocycles. The van der Waals surface area contributed by atoms with Crippen LogP contribution in [0, 0.1) is 0 Å². The second kappa shape index (κ2) is 4.83. The van der Waals surface area contributed by atoms with Gasteiger partial charge in [-0.1, -0.05) is 6.07 Å². The molecule has 0 aliphatic heterocycles. The van der Waals surface area contributed by atoms with Crippen LogP contribution in [0.25, 0.3) is 0 Å². The van der Waals surface area contributed by atoms with Crippen LogP contribution in [0.4, 0.5) is 0 Å². The molecule has 0 spiro atoms. The highest BCUT2D eigenvalue weighted by molar-refractivity contribution is 5.97. The number of benzene rings is 1. The normalized spacial score (nSPS) is 12.1. The molecule has 1 aromatic carbocycles. The van der Waals surface area contributed by atoms with E-state index < -0.39 is 11.7 Å². The molecule has 1 unspecified atom stereocenters. The van der Waals surface area contributed by atoms with Crippen LogP contribution in [-0.4, -0.2) is 16.1 Å². The van der Waals surface area contributed by atoms with E-state index in [-0.39, 0.29) is 17.4 Å². The molecule has 0 saturated heterocycles. The first-order valence-electron chi connectivity index (χ1n) is 5.45. The van der Waals surface area contributed by atoms with Gasteiger partial charge in [0.05, 0.1) is 17.9 Å². The average molecular weight is 247 g/mol. The molecule has 18 heavy (non-hydrogen) atoms. The topological polar surface area (TPSA) is 82.7 Å². The molecule has 0 aliphatic carbocycles. The molecule has 1 amide bonds. The van der Waals surface area contributed by atoms with Gasteiger partial charge in [0.2, 0.25) is 0 Å². The summed E-state index contributed by atoms with van der Waals surface area (Å²) in [7, 11) is 0. The zero-order valence-corrected chi connectivity index (χ0v) is 9.75. The van der Waals surface area contributed by atoms with Crippen molar-refractivity contribution in [1.82, 2.24) is 5.32 Å². The van der Waals surface area contributed by atoms with Crippen LogP contribution in [0.1, 0.15) is 29.1 Å². The average Bonchev–Trinajstić information content (AvgIpc) is 2.86. The van der Waals surface area contributed by atoms with E-state index >= 15 is 0 Å². The van der Waals surface area contributed by atoms with Gasteiger partial charge in [-0.05, 0) is 31.2 Å². The van der Waals surface area contributed by atoms with Crippen LogP contribution >= 0.6 is 0 Å². The first-order valence-corrected chi connectivity index (χ1v) is 5.45. The predicted octanol–water partition coefficient (Wildman–Crippen LogP) is 2.18. The van der Waals surface area contributed by atoms with Gasteiger partial charge in [-0.25, -0.2) is 0 Å². The summed E-state index contributed by atoms with van der Waals surface area (Å²) < 4.78 is 5.16. The zero-order chi connectivity index (χ0) is 13.1. The van der Waals surface area contributed by atoms with Gasteiger partial charge in [-0.15, -0.1) is 0 Å². The summed E-state index contributed by atoms with van der Waals surface area (Å²) in [5.41, 5.74) is 0.0217. The van der Waals surface area contributed by atoms with Crippen molar-refractivity contribution in [3.05, 3.63) is 47.9 Å². The maximum Gasteiger partial charge on any atom is 0.255 e. The molecule has 2 rings (SSSR count). The molecule has 0 fully saturated rings. The van der Waals surface area contributed by atoms with Crippen molar-refractivity contribution in [3.8, 4) is 11.5 Å². The number of phenolic OH excluding ortho intramolecular Hbond substituents is 2. The van der Waals surface area contributed by atoms with E-state index in [2.05, 4.69) is 5.32 Å². The number of rotatable bonds is 3. The van der Waals surface area contributed by atoms with Gasteiger partial charge in [0.25, 0.3) is 5.91 Å². The largest absolute Gasteiger partial charge is 0.504 e. The molecule has 0 aliphatic rings. The lowest BCUT2D eigenvalue weighted by Gasteiger charge is -2.12. The second-order valence-corrected chi connectivity index (χ2v) is 3.88. The Kier molecular flexibility index (Phi) is 3.23. The standard InChI is InChI=1S/C13H13NO4/c1-8(11-6-3-7-18-11)14-13(17)9-4-2-5-10(15)12(9)16/h2-8,15-16H,1H3,(H,14,17). The third-order valence-corrected chi connectivity index (χ3v) is 2.58. The van der Waals surface area contributed by atoms with Crippen molar-refractivity contribution in [2.75, 3.05) is 0 Å². The Hall–Kier alpha value is -2.43. The fourth-order valence-corrected chi connectivity index (χ4v) is 1.60. The van der Waals surface area contributed by atoms with E-state index in [0.29, 0.717) is 5.76 Å². The molecular weight excluding hydrogens is 234 g/mol. The highest BCUT2D eigenvalue weighted by atomic mass is 16.3. The van der Waals surface area contributed by atoms with Crippen molar-refractivity contribution in [2.45, 2.75) is 13.0 Å². The molecule has 1 aromatic heterocycles. The summed E-state index contributed by atoms with van der Waals surface area (Å²) in [6.07, 6.45) is 1.52.